The number of benzene rings is 6. The molecule has 6 aromatic rings. The lowest BCUT2D eigenvalue weighted by Gasteiger charge is -2.14. The average Bonchev–Trinajstić information content (AvgIpc) is 3.13. The molecular weight excluding hydrogens is 877 g/mol. The molecule has 0 fully saturated rings. The third kappa shape index (κ3) is 9.70. The molecule has 2 amide bonds. The summed E-state index contributed by atoms with van der Waals surface area (Å²) in [6.45, 7) is 0. The van der Waals surface area contributed by atoms with Gasteiger partial charge >= 0.3 is 26.8 Å². The van der Waals surface area contributed by atoms with Crippen molar-refractivity contribution in [2.24, 2.45) is 20.5 Å². The van der Waals surface area contributed by atoms with Gasteiger partial charge in [-0.15, -0.1) is 20.5 Å². The Labute approximate surface area is 338 Å². The molecule has 0 saturated heterocycles. The molecule has 27 heteroatoms. The molecule has 0 aliphatic rings. The Morgan fingerprint density at radius 1 is 0.483 bits per heavy atom. The number of fused-ring (bicyclic) bond motifs is 2. The quantitative estimate of drug-likeness (QED) is 0.0369. The SMILES string of the molecule is Nc1ccc2cccc(OS(=O)(=O)O)c2c1N=Nc1c(NC(=O)Nc2cccc(S(=O)(=O)O)c2N=Nc2c(N)ccc3cccc(OS(=O)(=O)O)c23)cccc1S(=O)(=O)O. The Kier molecular flexibility index (Phi) is 11.4. The van der Waals surface area contributed by atoms with Crippen molar-refractivity contribution < 1.29 is 65.0 Å². The summed E-state index contributed by atoms with van der Waals surface area (Å²) in [6, 6.07) is 18.6. The Morgan fingerprint density at radius 3 is 1.18 bits per heavy atom. The molecule has 0 aliphatic heterocycles. The number of amides is 2. The number of rotatable bonds is 12. The molecule has 312 valence electrons. The van der Waals surface area contributed by atoms with Gasteiger partial charge in [-0.25, -0.2) is 4.79 Å². The maximum atomic E-state index is 13.5. The first-order valence-corrected chi connectivity index (χ1v) is 21.7. The van der Waals surface area contributed by atoms with Crippen molar-refractivity contribution in [3.05, 3.63) is 97.1 Å². The van der Waals surface area contributed by atoms with Crippen LogP contribution >= 0.6 is 0 Å². The Hall–Kier alpha value is -6.85. The predicted octanol–water partition coefficient (Wildman–Crippen LogP) is 6.49. The van der Waals surface area contributed by atoms with Crippen LogP contribution in [0.4, 0.5) is 50.3 Å². The summed E-state index contributed by atoms with van der Waals surface area (Å²) in [6.07, 6.45) is 0. The van der Waals surface area contributed by atoms with E-state index in [1.165, 1.54) is 48.5 Å². The van der Waals surface area contributed by atoms with Gasteiger partial charge in [0.05, 0.1) is 33.5 Å². The molecule has 6 rings (SSSR count). The average molecular weight is 903 g/mol. The summed E-state index contributed by atoms with van der Waals surface area (Å²) < 4.78 is 144. The van der Waals surface area contributed by atoms with Crippen molar-refractivity contribution in [3.63, 3.8) is 0 Å². The van der Waals surface area contributed by atoms with Crippen LogP contribution in [0.3, 0.4) is 0 Å². The maximum Gasteiger partial charge on any atom is 0.446 e. The minimum absolute atomic E-state index is 0.108. The highest BCUT2D eigenvalue weighted by atomic mass is 32.3. The van der Waals surface area contributed by atoms with Crippen molar-refractivity contribution in [2.75, 3.05) is 22.1 Å². The lowest BCUT2D eigenvalue weighted by atomic mass is 10.1. The first-order valence-electron chi connectivity index (χ1n) is 16.1. The van der Waals surface area contributed by atoms with Crippen molar-refractivity contribution in [2.45, 2.75) is 9.79 Å². The number of nitrogen functional groups attached to an aromatic ring is 2. The molecular formula is C33H26N8O15S4. The van der Waals surface area contributed by atoms with E-state index in [4.69, 9.17) is 11.5 Å². The number of urea groups is 1. The van der Waals surface area contributed by atoms with Crippen LogP contribution in [0.15, 0.2) is 127 Å². The van der Waals surface area contributed by atoms with Gasteiger partial charge in [-0.1, -0.05) is 48.5 Å². The van der Waals surface area contributed by atoms with Gasteiger partial charge in [-0.05, 0) is 59.3 Å². The highest BCUT2D eigenvalue weighted by molar-refractivity contribution is 7.86. The van der Waals surface area contributed by atoms with E-state index < -0.39 is 91.1 Å². The van der Waals surface area contributed by atoms with E-state index in [9.17, 15) is 56.7 Å². The number of azo groups is 2. The highest BCUT2D eigenvalue weighted by Crippen LogP contribution is 2.43. The summed E-state index contributed by atoms with van der Waals surface area (Å²) in [5.74, 6) is -0.903. The number of nitrogens with one attached hydrogen (secondary N) is 2. The topological polar surface area (TPSA) is 379 Å². The maximum absolute atomic E-state index is 13.5. The number of nitrogens with two attached hydrogens (primary N) is 2. The van der Waals surface area contributed by atoms with Crippen LogP contribution in [0, 0.1) is 0 Å². The van der Waals surface area contributed by atoms with Gasteiger partial charge < -0.3 is 30.5 Å². The number of nitrogens with zero attached hydrogens (tertiary/aromatic N) is 4. The van der Waals surface area contributed by atoms with Crippen LogP contribution in [-0.4, -0.2) is 57.9 Å². The van der Waals surface area contributed by atoms with Crippen molar-refractivity contribution in [1.82, 2.24) is 0 Å². The number of hydrogen-bond acceptors (Lipinski definition) is 17. The molecule has 6 aromatic carbocycles. The van der Waals surface area contributed by atoms with Crippen LogP contribution in [0.1, 0.15) is 0 Å². The Morgan fingerprint density at radius 2 is 0.833 bits per heavy atom. The summed E-state index contributed by atoms with van der Waals surface area (Å²) in [5.41, 5.74) is 8.99. The zero-order valence-electron chi connectivity index (χ0n) is 29.6. The normalized spacial score (nSPS) is 12.6. The molecule has 0 spiro atoms. The van der Waals surface area contributed by atoms with E-state index in [2.05, 4.69) is 39.5 Å². The Bertz CT molecular complexity index is 3060. The van der Waals surface area contributed by atoms with Crippen LogP contribution in [0.2, 0.25) is 0 Å². The van der Waals surface area contributed by atoms with E-state index in [0.29, 0.717) is 0 Å². The second-order valence-corrected chi connectivity index (χ2v) is 16.8. The number of anilines is 4. The second kappa shape index (κ2) is 16.1. The summed E-state index contributed by atoms with van der Waals surface area (Å²) in [5, 5.41) is 20.7. The van der Waals surface area contributed by atoms with E-state index >= 15 is 0 Å². The summed E-state index contributed by atoms with van der Waals surface area (Å²) >= 11 is 0. The van der Waals surface area contributed by atoms with Crippen LogP contribution in [-0.2, 0) is 41.0 Å². The van der Waals surface area contributed by atoms with Crippen molar-refractivity contribution >= 4 is 114 Å². The zero-order chi connectivity index (χ0) is 43.8. The highest BCUT2D eigenvalue weighted by Gasteiger charge is 2.24. The molecule has 0 unspecified atom stereocenters. The zero-order valence-corrected chi connectivity index (χ0v) is 32.9. The molecule has 0 saturated carbocycles. The number of hydrogen-bond donors (Lipinski definition) is 8. The number of carbonyl (C=O) groups is 1. The van der Waals surface area contributed by atoms with Gasteiger partial charge in [-0.2, -0.15) is 33.7 Å². The molecule has 10 N–H and O–H groups in total. The molecule has 0 radical (unpaired) electrons. The fraction of sp³-hybridized carbons (Fsp3) is 0. The molecule has 0 bridgehead atoms. The van der Waals surface area contributed by atoms with Crippen LogP contribution in [0.25, 0.3) is 21.5 Å². The van der Waals surface area contributed by atoms with Gasteiger partial charge in [-0.3, -0.25) is 18.2 Å². The van der Waals surface area contributed by atoms with Gasteiger partial charge in [0.1, 0.15) is 32.5 Å². The fourth-order valence-corrected chi connectivity index (χ4v) is 7.64. The second-order valence-electron chi connectivity index (χ2n) is 12.0. The van der Waals surface area contributed by atoms with Crippen LogP contribution in [0.5, 0.6) is 11.5 Å². The fourth-order valence-electron chi connectivity index (χ4n) is 5.61. The first kappa shape index (κ1) is 42.7. The molecule has 0 atom stereocenters. The molecule has 60 heavy (non-hydrogen) atoms. The van der Waals surface area contributed by atoms with Gasteiger partial charge in [0.2, 0.25) is 0 Å². The third-order valence-electron chi connectivity index (χ3n) is 7.96. The standard InChI is InChI=1S/C33H26N8O15S4/c34-19-15-13-17-5-1-9-23(55-59(49,50)51)27(17)29(19)38-40-31-21(7-3-11-25(31)57(43,44)45)36-33(42)37-22-8-4-12-26(58(46,47)48)32(22)41-39-30-20(35)16-14-18-6-2-10-24(28(18)30)56-60(52,53)54/h1-16H,34-35H2,(H2,36,37,42)(H,43,44,45)(H,46,47,48)(H,49,50,51)(H,52,53,54). The summed E-state index contributed by atoms with van der Waals surface area (Å²) in [7, 11) is -20.4. The molecule has 0 aromatic heterocycles. The van der Waals surface area contributed by atoms with E-state index in [1.54, 1.807) is 0 Å². The monoisotopic (exact) mass is 902 g/mol. The van der Waals surface area contributed by atoms with Gasteiger partial charge in [0, 0.05) is 0 Å². The van der Waals surface area contributed by atoms with Crippen molar-refractivity contribution in [3.8, 4) is 11.5 Å². The minimum Gasteiger partial charge on any atom is -0.397 e. The minimum atomic E-state index is -5.12. The predicted molar refractivity (Wildman–Crippen MR) is 215 cm³/mol. The molecule has 0 aliphatic carbocycles. The molecule has 0 heterocycles. The van der Waals surface area contributed by atoms with Crippen LogP contribution < -0.4 is 30.5 Å². The largest absolute Gasteiger partial charge is 0.446 e. The third-order valence-corrected chi connectivity index (χ3v) is 10.5. The lowest BCUT2D eigenvalue weighted by Crippen LogP contribution is -2.20. The van der Waals surface area contributed by atoms with E-state index in [0.717, 1.165) is 48.5 Å². The molecule has 23 nitrogen and oxygen atoms in total. The smallest absolute Gasteiger partial charge is 0.397 e. The first-order chi connectivity index (χ1) is 28.0. The lowest BCUT2D eigenvalue weighted by molar-refractivity contribution is 0.262. The van der Waals surface area contributed by atoms with Crippen molar-refractivity contribution in [1.29, 1.82) is 0 Å². The van der Waals surface area contributed by atoms with Gasteiger partial charge in [0.25, 0.3) is 20.2 Å². The van der Waals surface area contributed by atoms with Gasteiger partial charge in [0.15, 0.2) is 11.5 Å². The number of carbonyl (C=O) groups excluding carboxylic acids is 1. The Balaban J connectivity index is 1.42. The summed E-state index contributed by atoms with van der Waals surface area (Å²) in [4.78, 5) is 11.7. The van der Waals surface area contributed by atoms with E-state index in [-0.39, 0.29) is 44.3 Å². The van der Waals surface area contributed by atoms with E-state index in [1.807, 2.05) is 0 Å².